The Morgan fingerprint density at radius 2 is 2.22 bits per heavy atom. The van der Waals surface area contributed by atoms with E-state index in [1.165, 1.54) is 22.9 Å². The maximum Gasteiger partial charge on any atom is 0.230 e. The maximum atomic E-state index is 12.6. The molecule has 2 heterocycles. The minimum absolute atomic E-state index is 0.0125. The third-order valence-electron chi connectivity index (χ3n) is 6.19. The van der Waals surface area contributed by atoms with Gasteiger partial charge < -0.3 is 10.1 Å². The van der Waals surface area contributed by atoms with Crippen molar-refractivity contribution in [2.45, 2.75) is 51.4 Å². The summed E-state index contributed by atoms with van der Waals surface area (Å²) in [5, 5.41) is 4.08. The lowest BCUT2D eigenvalue weighted by Gasteiger charge is -2.54. The van der Waals surface area contributed by atoms with E-state index < -0.39 is 0 Å². The summed E-state index contributed by atoms with van der Waals surface area (Å²) < 4.78 is 7.88. The number of rotatable bonds is 5. The van der Waals surface area contributed by atoms with Gasteiger partial charge in [0, 0.05) is 36.4 Å². The molecule has 3 atom stereocenters. The highest BCUT2D eigenvalue weighted by Crippen LogP contribution is 2.52. The van der Waals surface area contributed by atoms with Crippen molar-refractivity contribution in [1.82, 2.24) is 14.9 Å². The standard InChI is InChI=1S/C21H27N3O2S/c1-13-6-5-7-16(14(13)2)24-10-9-22-20(24)27-12-17(25)23-18-15-8-11-26-19(15)21(18,3)4/h5-7,9-10,15,18-19H,8,11-12H2,1-4H3,(H,23,25)/t15-,18+,19-/m0/s1. The Labute approximate surface area is 164 Å². The van der Waals surface area contributed by atoms with Crippen LogP contribution in [0, 0.1) is 25.2 Å². The van der Waals surface area contributed by atoms with Crippen LogP contribution < -0.4 is 5.32 Å². The zero-order valence-electron chi connectivity index (χ0n) is 16.4. The van der Waals surface area contributed by atoms with E-state index in [1.807, 2.05) is 6.20 Å². The van der Waals surface area contributed by atoms with Crippen LogP contribution in [0.15, 0.2) is 35.7 Å². The lowest BCUT2D eigenvalue weighted by molar-refractivity contribution is -0.135. The van der Waals surface area contributed by atoms with Crippen molar-refractivity contribution in [2.24, 2.45) is 11.3 Å². The minimum Gasteiger partial charge on any atom is -0.377 e. The SMILES string of the molecule is Cc1cccc(-n2ccnc2SCC(=O)N[C@@H]2[C@@H]3CCO[C@@H]3C2(C)C)c1C. The molecule has 1 amide bonds. The van der Waals surface area contributed by atoms with Crippen LogP contribution in [0.2, 0.25) is 0 Å². The number of fused-ring (bicyclic) bond motifs is 1. The molecule has 0 bridgehead atoms. The van der Waals surface area contributed by atoms with Gasteiger partial charge in [-0.25, -0.2) is 4.98 Å². The number of carbonyl (C=O) groups excluding carboxylic acids is 1. The minimum atomic E-state index is 0.0125. The molecule has 1 aromatic carbocycles. The molecule has 4 rings (SSSR count). The van der Waals surface area contributed by atoms with E-state index in [1.54, 1.807) is 6.20 Å². The Morgan fingerprint density at radius 3 is 3.04 bits per heavy atom. The molecule has 27 heavy (non-hydrogen) atoms. The maximum absolute atomic E-state index is 12.6. The highest BCUT2D eigenvalue weighted by molar-refractivity contribution is 7.99. The van der Waals surface area contributed by atoms with Crippen LogP contribution in [0.3, 0.4) is 0 Å². The second-order valence-electron chi connectivity index (χ2n) is 8.20. The van der Waals surface area contributed by atoms with Gasteiger partial charge in [0.25, 0.3) is 0 Å². The first-order valence-electron chi connectivity index (χ1n) is 9.53. The summed E-state index contributed by atoms with van der Waals surface area (Å²) in [4.78, 5) is 17.0. The molecular weight excluding hydrogens is 358 g/mol. The third kappa shape index (κ3) is 3.19. The molecule has 1 saturated carbocycles. The number of nitrogens with zero attached hydrogens (tertiary/aromatic N) is 2. The molecule has 1 saturated heterocycles. The summed E-state index contributed by atoms with van der Waals surface area (Å²) in [7, 11) is 0. The second-order valence-corrected chi connectivity index (χ2v) is 9.14. The summed E-state index contributed by atoms with van der Waals surface area (Å²) in [6.45, 7) is 9.41. The van der Waals surface area contributed by atoms with Crippen LogP contribution in [0.25, 0.3) is 5.69 Å². The molecule has 1 aromatic heterocycles. The summed E-state index contributed by atoms with van der Waals surface area (Å²) in [6, 6.07) is 6.45. The van der Waals surface area contributed by atoms with Gasteiger partial charge in [-0.3, -0.25) is 9.36 Å². The Balaban J connectivity index is 1.41. The highest BCUT2D eigenvalue weighted by atomic mass is 32.2. The van der Waals surface area contributed by atoms with Crippen molar-refractivity contribution in [1.29, 1.82) is 0 Å². The second kappa shape index (κ2) is 6.99. The van der Waals surface area contributed by atoms with Gasteiger partial charge in [-0.2, -0.15) is 0 Å². The van der Waals surface area contributed by atoms with Crippen molar-refractivity contribution < 1.29 is 9.53 Å². The first-order chi connectivity index (χ1) is 12.9. The van der Waals surface area contributed by atoms with E-state index in [0.717, 1.165) is 23.9 Å². The number of imidazole rings is 1. The van der Waals surface area contributed by atoms with Gasteiger partial charge in [-0.1, -0.05) is 37.7 Å². The third-order valence-corrected chi connectivity index (χ3v) is 7.16. The van der Waals surface area contributed by atoms with Crippen molar-refractivity contribution in [3.8, 4) is 5.69 Å². The first kappa shape index (κ1) is 18.6. The monoisotopic (exact) mass is 385 g/mol. The summed E-state index contributed by atoms with van der Waals surface area (Å²) in [5.41, 5.74) is 3.60. The molecule has 1 aliphatic carbocycles. The highest BCUT2D eigenvalue weighted by Gasteiger charge is 2.59. The molecule has 1 N–H and O–H groups in total. The molecular formula is C21H27N3O2S. The predicted octanol–water partition coefficient (Wildman–Crippen LogP) is 3.51. The van der Waals surface area contributed by atoms with Gasteiger partial charge in [-0.15, -0.1) is 0 Å². The number of aryl methyl sites for hydroxylation is 1. The van der Waals surface area contributed by atoms with Gasteiger partial charge in [-0.05, 0) is 37.5 Å². The van der Waals surface area contributed by atoms with Crippen molar-refractivity contribution in [2.75, 3.05) is 12.4 Å². The largest absolute Gasteiger partial charge is 0.377 e. The van der Waals surface area contributed by atoms with Crippen LogP contribution in [0.4, 0.5) is 0 Å². The molecule has 2 aromatic rings. The number of hydrogen-bond donors (Lipinski definition) is 1. The fourth-order valence-electron chi connectivity index (χ4n) is 4.54. The molecule has 5 nitrogen and oxygen atoms in total. The fraction of sp³-hybridized carbons (Fsp3) is 0.524. The van der Waals surface area contributed by atoms with Gasteiger partial charge in [0.15, 0.2) is 5.16 Å². The average Bonchev–Trinajstić information content (AvgIpc) is 3.28. The Hall–Kier alpha value is -1.79. The lowest BCUT2D eigenvalue weighted by Crippen LogP contribution is -2.66. The zero-order chi connectivity index (χ0) is 19.2. The molecule has 0 unspecified atom stereocenters. The van der Waals surface area contributed by atoms with Crippen LogP contribution in [0.1, 0.15) is 31.4 Å². The first-order valence-corrected chi connectivity index (χ1v) is 10.5. The molecule has 0 spiro atoms. The molecule has 0 radical (unpaired) electrons. The Morgan fingerprint density at radius 1 is 1.41 bits per heavy atom. The van der Waals surface area contributed by atoms with Crippen molar-refractivity contribution >= 4 is 17.7 Å². The molecule has 2 aliphatic rings. The number of amides is 1. The van der Waals surface area contributed by atoms with E-state index in [0.29, 0.717) is 17.8 Å². The topological polar surface area (TPSA) is 56.2 Å². The lowest BCUT2D eigenvalue weighted by atomic mass is 9.57. The van der Waals surface area contributed by atoms with Gasteiger partial charge in [0.2, 0.25) is 5.91 Å². The average molecular weight is 386 g/mol. The number of benzene rings is 1. The molecule has 144 valence electrons. The molecule has 1 aliphatic heterocycles. The van der Waals surface area contributed by atoms with Gasteiger partial charge in [0.05, 0.1) is 17.5 Å². The van der Waals surface area contributed by atoms with E-state index in [9.17, 15) is 4.79 Å². The van der Waals surface area contributed by atoms with Gasteiger partial charge in [0.1, 0.15) is 0 Å². The van der Waals surface area contributed by atoms with Crippen LogP contribution >= 0.6 is 11.8 Å². The number of aromatic nitrogens is 2. The number of hydrogen-bond acceptors (Lipinski definition) is 4. The number of carbonyl (C=O) groups is 1. The quantitative estimate of drug-likeness (QED) is 0.800. The summed E-state index contributed by atoms with van der Waals surface area (Å²) >= 11 is 1.48. The van der Waals surface area contributed by atoms with Crippen LogP contribution in [-0.2, 0) is 9.53 Å². The number of ether oxygens (including phenoxy) is 1. The van der Waals surface area contributed by atoms with E-state index in [4.69, 9.17) is 4.74 Å². The van der Waals surface area contributed by atoms with E-state index >= 15 is 0 Å². The van der Waals surface area contributed by atoms with Crippen molar-refractivity contribution in [3.05, 3.63) is 41.7 Å². The number of nitrogens with one attached hydrogen (secondary N) is 1. The van der Waals surface area contributed by atoms with Gasteiger partial charge >= 0.3 is 0 Å². The van der Waals surface area contributed by atoms with E-state index in [-0.39, 0.29) is 17.4 Å². The summed E-state index contributed by atoms with van der Waals surface area (Å²) in [6.07, 6.45) is 5.08. The van der Waals surface area contributed by atoms with E-state index in [2.05, 4.69) is 60.8 Å². The van der Waals surface area contributed by atoms with Crippen molar-refractivity contribution in [3.63, 3.8) is 0 Å². The summed E-state index contributed by atoms with van der Waals surface area (Å²) in [5.74, 6) is 0.900. The zero-order valence-corrected chi connectivity index (χ0v) is 17.2. The smallest absolute Gasteiger partial charge is 0.230 e. The predicted molar refractivity (Wildman–Crippen MR) is 107 cm³/mol. The normalized spacial score (nSPS) is 25.7. The Kier molecular flexibility index (Phi) is 4.80. The fourth-order valence-corrected chi connectivity index (χ4v) is 5.32. The van der Waals surface area contributed by atoms with Crippen LogP contribution in [-0.4, -0.2) is 40.0 Å². The number of thioether (sulfide) groups is 1. The van der Waals surface area contributed by atoms with Crippen LogP contribution in [0.5, 0.6) is 0 Å². The Bertz CT molecular complexity index is 861. The molecule has 6 heteroatoms. The molecule has 2 fully saturated rings.